The lowest BCUT2D eigenvalue weighted by atomic mass is 9.95. The Balaban J connectivity index is 1.66. The van der Waals surface area contributed by atoms with Crippen molar-refractivity contribution >= 4 is 29.2 Å². The lowest BCUT2D eigenvalue weighted by molar-refractivity contribution is 0.203. The molecule has 2 N–H and O–H groups in total. The number of nitrogens with zero attached hydrogens (tertiary/aromatic N) is 3. The molecule has 2 heterocycles. The van der Waals surface area contributed by atoms with Crippen LogP contribution < -0.4 is 10.1 Å². The van der Waals surface area contributed by atoms with E-state index in [0.717, 1.165) is 5.56 Å². The molecule has 3 aromatic rings. The Hall–Kier alpha value is -3.25. The van der Waals surface area contributed by atoms with E-state index in [1.165, 1.54) is 35.2 Å². The van der Waals surface area contributed by atoms with Crippen LogP contribution in [0.4, 0.5) is 9.18 Å². The van der Waals surface area contributed by atoms with Crippen LogP contribution in [-0.4, -0.2) is 45.4 Å². The first kappa shape index (κ1) is 22.9. The molecule has 0 bridgehead atoms. The maximum atomic E-state index is 14.7. The summed E-state index contributed by atoms with van der Waals surface area (Å²) >= 11 is 12.6. The minimum absolute atomic E-state index is 0.0303. The number of rotatable bonds is 3. The molecular weight excluding hydrogens is 470 g/mol. The second kappa shape index (κ2) is 9.71. The lowest BCUT2D eigenvalue weighted by Gasteiger charge is -2.20. The number of nitrogens with one attached hydrogen (secondary N) is 1. The van der Waals surface area contributed by atoms with E-state index in [9.17, 15) is 14.3 Å². The van der Waals surface area contributed by atoms with Gasteiger partial charge in [-0.2, -0.15) is 0 Å². The van der Waals surface area contributed by atoms with E-state index >= 15 is 0 Å². The van der Waals surface area contributed by atoms with Crippen LogP contribution in [0, 0.1) is 17.7 Å². The van der Waals surface area contributed by atoms with Crippen molar-refractivity contribution in [2.45, 2.75) is 13.5 Å². The number of carbonyl (C=O) groups excluding carboxylic acids is 1. The highest BCUT2D eigenvalue weighted by molar-refractivity contribution is 6.35. The van der Waals surface area contributed by atoms with Crippen molar-refractivity contribution in [1.82, 2.24) is 19.8 Å². The number of fused-ring (bicyclic) bond motifs is 1. The molecule has 1 aliphatic rings. The number of imidazole rings is 1. The molecule has 1 aromatic heterocycles. The highest BCUT2D eigenvalue weighted by Crippen LogP contribution is 2.45. The zero-order valence-electron chi connectivity index (χ0n) is 17.5. The Bertz CT molecular complexity index is 1260. The van der Waals surface area contributed by atoms with Crippen LogP contribution in [0.15, 0.2) is 36.7 Å². The van der Waals surface area contributed by atoms with Crippen molar-refractivity contribution < 1.29 is 19.0 Å². The van der Waals surface area contributed by atoms with Gasteiger partial charge in [0.1, 0.15) is 23.9 Å². The lowest BCUT2D eigenvalue weighted by Crippen LogP contribution is -2.40. The summed E-state index contributed by atoms with van der Waals surface area (Å²) in [6.07, 6.45) is 2.90. The molecule has 0 spiro atoms. The number of aromatic nitrogens is 2. The van der Waals surface area contributed by atoms with Gasteiger partial charge in [0.05, 0.1) is 17.3 Å². The molecule has 0 atom stereocenters. The van der Waals surface area contributed by atoms with Crippen LogP contribution in [0.1, 0.15) is 18.1 Å². The summed E-state index contributed by atoms with van der Waals surface area (Å²) in [5.74, 6) is 5.29. The smallest absolute Gasteiger partial charge is 0.328 e. The molecular formula is C23H19Cl2FN4O3. The van der Waals surface area contributed by atoms with Crippen molar-refractivity contribution in [1.29, 1.82) is 0 Å². The highest BCUT2D eigenvalue weighted by atomic mass is 35.5. The van der Waals surface area contributed by atoms with Crippen molar-refractivity contribution in [3.05, 3.63) is 63.9 Å². The van der Waals surface area contributed by atoms with Crippen molar-refractivity contribution in [3.8, 4) is 34.5 Å². The van der Waals surface area contributed by atoms with E-state index in [1.807, 2.05) is 4.90 Å². The van der Waals surface area contributed by atoms with Gasteiger partial charge in [0.2, 0.25) is 5.28 Å². The summed E-state index contributed by atoms with van der Waals surface area (Å²) in [6.45, 7) is 3.06. The third-order valence-electron chi connectivity index (χ3n) is 5.12. The Kier molecular flexibility index (Phi) is 6.75. The first-order chi connectivity index (χ1) is 15.9. The number of phenols is 1. The summed E-state index contributed by atoms with van der Waals surface area (Å²) in [5, 5.41) is 13.4. The predicted octanol–water partition coefficient (Wildman–Crippen LogP) is 4.48. The standard InChI is InChI=1S/C23H19Cl2FN4O3/c1-2-4-14-11-15-12-29(13-28-23(32)30-8-7-27-22(30)25)9-10-33-21(15)20(24)18(14)19-16(26)5-3-6-17(19)31/h3,5-8,11,31H,9-10,12-13H2,1H3,(H,28,32). The number of amides is 1. The molecule has 0 aliphatic carbocycles. The second-order valence-corrected chi connectivity index (χ2v) is 7.93. The van der Waals surface area contributed by atoms with E-state index in [1.54, 1.807) is 13.0 Å². The number of hydrogen-bond acceptors (Lipinski definition) is 5. The van der Waals surface area contributed by atoms with Crippen molar-refractivity contribution in [2.24, 2.45) is 0 Å². The topological polar surface area (TPSA) is 79.6 Å². The molecule has 0 saturated carbocycles. The summed E-state index contributed by atoms with van der Waals surface area (Å²) in [6, 6.07) is 5.41. The van der Waals surface area contributed by atoms with Crippen molar-refractivity contribution in [2.75, 3.05) is 19.8 Å². The van der Waals surface area contributed by atoms with Gasteiger partial charge in [-0.3, -0.25) is 4.90 Å². The van der Waals surface area contributed by atoms with Gasteiger partial charge in [0.25, 0.3) is 0 Å². The number of phenolic OH excluding ortho intramolecular Hbond substituents is 1. The predicted molar refractivity (Wildman–Crippen MR) is 123 cm³/mol. The molecule has 0 unspecified atom stereocenters. The maximum Gasteiger partial charge on any atom is 0.328 e. The molecule has 0 fully saturated rings. The highest BCUT2D eigenvalue weighted by Gasteiger charge is 2.26. The normalized spacial score (nSPS) is 13.3. The van der Waals surface area contributed by atoms with Crippen LogP contribution >= 0.6 is 23.2 Å². The Morgan fingerprint density at radius 1 is 1.36 bits per heavy atom. The van der Waals surface area contributed by atoms with Crippen molar-refractivity contribution in [3.63, 3.8) is 0 Å². The largest absolute Gasteiger partial charge is 0.507 e. The number of ether oxygens (including phenoxy) is 1. The van der Waals surface area contributed by atoms with Gasteiger partial charge in [-0.25, -0.2) is 18.7 Å². The SMILES string of the molecule is CC#Cc1cc2c(c(Cl)c1-c1c(O)cccc1F)OCCN(CNC(=O)n1ccnc1Cl)C2. The van der Waals surface area contributed by atoms with E-state index in [4.69, 9.17) is 27.9 Å². The number of hydrogen-bond donors (Lipinski definition) is 2. The Labute approximate surface area is 199 Å². The van der Waals surface area contributed by atoms with Gasteiger partial charge < -0.3 is 15.2 Å². The Morgan fingerprint density at radius 3 is 2.88 bits per heavy atom. The van der Waals surface area contributed by atoms with E-state index in [-0.39, 0.29) is 40.5 Å². The third kappa shape index (κ3) is 4.62. The first-order valence-electron chi connectivity index (χ1n) is 9.99. The molecule has 0 saturated heterocycles. The minimum atomic E-state index is -0.618. The minimum Gasteiger partial charge on any atom is -0.507 e. The Morgan fingerprint density at radius 2 is 2.18 bits per heavy atom. The zero-order valence-corrected chi connectivity index (χ0v) is 19.0. The van der Waals surface area contributed by atoms with Gasteiger partial charge in [-0.15, -0.1) is 5.92 Å². The van der Waals surface area contributed by atoms with E-state index in [2.05, 4.69) is 22.1 Å². The number of halogens is 3. The molecule has 4 rings (SSSR count). The van der Waals surface area contributed by atoms with Crippen LogP contribution in [0.5, 0.6) is 11.5 Å². The summed E-state index contributed by atoms with van der Waals surface area (Å²) in [7, 11) is 0. The van der Waals surface area contributed by atoms with Crippen LogP contribution in [0.2, 0.25) is 10.3 Å². The number of carbonyl (C=O) groups is 1. The fourth-order valence-electron chi connectivity index (χ4n) is 3.63. The zero-order chi connectivity index (χ0) is 23.5. The first-order valence-corrected chi connectivity index (χ1v) is 10.7. The van der Waals surface area contributed by atoms with Gasteiger partial charge >= 0.3 is 6.03 Å². The average molecular weight is 489 g/mol. The van der Waals surface area contributed by atoms with Crippen LogP contribution in [0.3, 0.4) is 0 Å². The van der Waals surface area contributed by atoms with Gasteiger partial charge in [-0.05, 0) is 36.7 Å². The van der Waals surface area contributed by atoms with E-state index in [0.29, 0.717) is 24.4 Å². The molecule has 0 radical (unpaired) electrons. The number of benzene rings is 2. The van der Waals surface area contributed by atoms with Gasteiger partial charge in [0, 0.05) is 42.2 Å². The van der Waals surface area contributed by atoms with E-state index < -0.39 is 11.8 Å². The average Bonchev–Trinajstić information content (AvgIpc) is 3.10. The second-order valence-electron chi connectivity index (χ2n) is 7.22. The molecule has 7 nitrogen and oxygen atoms in total. The summed E-state index contributed by atoms with van der Waals surface area (Å²) < 4.78 is 21.8. The molecule has 33 heavy (non-hydrogen) atoms. The fourth-order valence-corrected chi connectivity index (χ4v) is 4.19. The molecule has 170 valence electrons. The third-order valence-corrected chi connectivity index (χ3v) is 5.76. The quantitative estimate of drug-likeness (QED) is 0.531. The van der Waals surface area contributed by atoms with Crippen LogP contribution in [0.25, 0.3) is 11.1 Å². The molecule has 1 aliphatic heterocycles. The molecule has 10 heteroatoms. The maximum absolute atomic E-state index is 14.7. The van der Waals surface area contributed by atoms with Gasteiger partial charge in [0.15, 0.2) is 0 Å². The number of aromatic hydroxyl groups is 1. The van der Waals surface area contributed by atoms with Gasteiger partial charge in [-0.1, -0.05) is 23.6 Å². The summed E-state index contributed by atoms with van der Waals surface area (Å²) in [4.78, 5) is 18.1. The fraction of sp³-hybridized carbons (Fsp3) is 0.217. The molecule has 1 amide bonds. The molecule has 2 aromatic carbocycles. The monoisotopic (exact) mass is 488 g/mol. The van der Waals surface area contributed by atoms with Crippen LogP contribution in [-0.2, 0) is 6.54 Å². The summed E-state index contributed by atoms with van der Waals surface area (Å²) in [5.41, 5.74) is 1.43.